The van der Waals surface area contributed by atoms with Crippen molar-refractivity contribution in [3.8, 4) is 11.1 Å². The molecule has 184 valence electrons. The number of halogens is 2. The SMILES string of the molecule is O=C(NC1CCC(C(=O)NCC2C(C(=O)O)C2(F)F)C1)OCC1c2ccccc2-c2ccccc21. The lowest BCUT2D eigenvalue weighted by Crippen LogP contribution is -2.36. The van der Waals surface area contributed by atoms with Crippen molar-refractivity contribution < 1.29 is 33.0 Å². The van der Waals surface area contributed by atoms with E-state index in [-0.39, 0.29) is 25.1 Å². The van der Waals surface area contributed by atoms with Gasteiger partial charge in [-0.25, -0.2) is 13.6 Å². The largest absolute Gasteiger partial charge is 0.481 e. The van der Waals surface area contributed by atoms with E-state index in [0.717, 1.165) is 22.3 Å². The molecule has 2 saturated carbocycles. The number of nitrogens with one attached hydrogen (secondary N) is 2. The second kappa shape index (κ2) is 8.94. The molecule has 4 atom stereocenters. The topological polar surface area (TPSA) is 105 Å². The number of alkyl halides is 2. The van der Waals surface area contributed by atoms with Gasteiger partial charge in [0.05, 0.1) is 5.92 Å². The van der Waals surface area contributed by atoms with Crippen LogP contribution in [-0.2, 0) is 14.3 Å². The van der Waals surface area contributed by atoms with Crippen molar-refractivity contribution in [3.05, 3.63) is 59.7 Å². The van der Waals surface area contributed by atoms with Gasteiger partial charge in [-0.3, -0.25) is 9.59 Å². The van der Waals surface area contributed by atoms with E-state index in [4.69, 9.17) is 9.84 Å². The van der Waals surface area contributed by atoms with Crippen molar-refractivity contribution >= 4 is 18.0 Å². The number of hydrogen-bond acceptors (Lipinski definition) is 4. The molecule has 35 heavy (non-hydrogen) atoms. The van der Waals surface area contributed by atoms with Crippen LogP contribution in [0, 0.1) is 17.8 Å². The van der Waals surface area contributed by atoms with Crippen LogP contribution in [0.5, 0.6) is 0 Å². The fourth-order valence-electron chi connectivity index (χ4n) is 5.49. The Balaban J connectivity index is 1.09. The number of aliphatic carboxylic acids is 1. The lowest BCUT2D eigenvalue weighted by Gasteiger charge is -2.17. The Bertz CT molecular complexity index is 1120. The number of hydrogen-bond donors (Lipinski definition) is 3. The van der Waals surface area contributed by atoms with E-state index < -0.39 is 41.6 Å². The van der Waals surface area contributed by atoms with E-state index in [1.165, 1.54) is 0 Å². The maximum Gasteiger partial charge on any atom is 0.407 e. The van der Waals surface area contributed by atoms with E-state index in [2.05, 4.69) is 22.8 Å². The monoisotopic (exact) mass is 484 g/mol. The van der Waals surface area contributed by atoms with Crippen molar-refractivity contribution in [2.75, 3.05) is 13.2 Å². The normalized spacial score (nSPS) is 25.9. The summed E-state index contributed by atoms with van der Waals surface area (Å²) in [5.74, 6) is -8.83. The van der Waals surface area contributed by atoms with E-state index in [9.17, 15) is 23.2 Å². The minimum Gasteiger partial charge on any atom is -0.481 e. The summed E-state index contributed by atoms with van der Waals surface area (Å²) in [6, 6.07) is 15.8. The smallest absolute Gasteiger partial charge is 0.407 e. The Morgan fingerprint density at radius 1 is 1.00 bits per heavy atom. The number of amides is 2. The highest BCUT2D eigenvalue weighted by atomic mass is 19.3. The number of carbonyl (C=O) groups excluding carboxylic acids is 2. The van der Waals surface area contributed by atoms with Crippen LogP contribution in [0.2, 0.25) is 0 Å². The van der Waals surface area contributed by atoms with Gasteiger partial charge < -0.3 is 20.5 Å². The first-order valence-electron chi connectivity index (χ1n) is 11.8. The Hall–Kier alpha value is -3.49. The van der Waals surface area contributed by atoms with Gasteiger partial charge in [0.2, 0.25) is 5.91 Å². The zero-order valence-corrected chi connectivity index (χ0v) is 18.9. The fourth-order valence-corrected chi connectivity index (χ4v) is 5.49. The Morgan fingerprint density at radius 3 is 2.23 bits per heavy atom. The quantitative estimate of drug-likeness (QED) is 0.555. The molecular formula is C26H26F2N2O5. The number of carboxylic acid groups (broad SMARTS) is 1. The minimum atomic E-state index is -3.29. The van der Waals surface area contributed by atoms with Crippen LogP contribution in [0.25, 0.3) is 11.1 Å². The van der Waals surface area contributed by atoms with E-state index >= 15 is 0 Å². The first-order valence-corrected chi connectivity index (χ1v) is 11.8. The predicted octanol–water partition coefficient (Wildman–Crippen LogP) is 3.78. The zero-order chi connectivity index (χ0) is 24.7. The summed E-state index contributed by atoms with van der Waals surface area (Å²) >= 11 is 0. The van der Waals surface area contributed by atoms with Crippen LogP contribution in [0.3, 0.4) is 0 Å². The average molecular weight is 484 g/mol. The van der Waals surface area contributed by atoms with Gasteiger partial charge in [-0.2, -0.15) is 0 Å². The minimum absolute atomic E-state index is 0.0505. The van der Waals surface area contributed by atoms with Gasteiger partial charge in [0, 0.05) is 24.4 Å². The molecule has 3 N–H and O–H groups in total. The van der Waals surface area contributed by atoms with Crippen LogP contribution < -0.4 is 10.6 Å². The molecule has 0 aromatic heterocycles. The number of carboxylic acids is 1. The van der Waals surface area contributed by atoms with Crippen LogP contribution >= 0.6 is 0 Å². The van der Waals surface area contributed by atoms with Crippen LogP contribution in [0.15, 0.2) is 48.5 Å². The molecular weight excluding hydrogens is 458 g/mol. The van der Waals surface area contributed by atoms with Crippen LogP contribution in [0.4, 0.5) is 13.6 Å². The van der Waals surface area contributed by atoms with Crippen LogP contribution in [-0.4, -0.2) is 48.2 Å². The van der Waals surface area contributed by atoms with Crippen molar-refractivity contribution in [2.24, 2.45) is 17.8 Å². The van der Waals surface area contributed by atoms with Gasteiger partial charge in [0.1, 0.15) is 12.5 Å². The highest BCUT2D eigenvalue weighted by Crippen LogP contribution is 2.55. The average Bonchev–Trinajstić information content (AvgIpc) is 3.13. The Labute approximate surface area is 200 Å². The molecule has 0 radical (unpaired) electrons. The second-order valence-electron chi connectivity index (χ2n) is 9.52. The molecule has 0 bridgehead atoms. The lowest BCUT2D eigenvalue weighted by molar-refractivity contribution is -0.141. The standard InChI is InChI=1S/C26H26F2N2O5/c27-26(28)21(22(26)24(32)33)12-29-23(31)14-9-10-15(11-14)30-25(34)35-13-20-18-7-3-1-5-16(18)17-6-2-4-8-19(17)20/h1-8,14-15,20-22H,9-13H2,(H,29,31)(H,30,34)(H,32,33). The van der Waals surface area contributed by atoms with E-state index in [1.807, 2.05) is 36.4 Å². The molecule has 0 heterocycles. The number of rotatable bonds is 7. The summed E-state index contributed by atoms with van der Waals surface area (Å²) in [6.45, 7) is -0.180. The van der Waals surface area contributed by atoms with E-state index in [1.54, 1.807) is 0 Å². The summed E-state index contributed by atoms with van der Waals surface area (Å²) in [6.07, 6.45) is 0.891. The molecule has 7 nitrogen and oxygen atoms in total. The van der Waals surface area contributed by atoms with Gasteiger partial charge in [-0.15, -0.1) is 0 Å². The van der Waals surface area contributed by atoms with E-state index in [0.29, 0.717) is 19.3 Å². The summed E-state index contributed by atoms with van der Waals surface area (Å²) in [4.78, 5) is 35.7. The molecule has 9 heteroatoms. The summed E-state index contributed by atoms with van der Waals surface area (Å²) in [7, 11) is 0. The first kappa shape index (κ1) is 23.3. The third kappa shape index (κ3) is 4.35. The molecule has 0 aliphatic heterocycles. The summed E-state index contributed by atoms with van der Waals surface area (Å²) < 4.78 is 32.6. The fraction of sp³-hybridized carbons (Fsp3) is 0.423. The maximum atomic E-state index is 13.5. The number of ether oxygens (including phenoxy) is 1. The molecule has 5 rings (SSSR count). The van der Waals surface area contributed by atoms with Gasteiger partial charge in [0.15, 0.2) is 0 Å². The third-order valence-corrected chi connectivity index (χ3v) is 7.43. The van der Waals surface area contributed by atoms with Gasteiger partial charge >= 0.3 is 12.1 Å². The van der Waals surface area contributed by atoms with Gasteiger partial charge in [0.25, 0.3) is 5.92 Å². The first-order chi connectivity index (χ1) is 16.8. The summed E-state index contributed by atoms with van der Waals surface area (Å²) in [5, 5.41) is 14.1. The molecule has 2 aromatic carbocycles. The number of benzene rings is 2. The van der Waals surface area contributed by atoms with Crippen molar-refractivity contribution in [1.82, 2.24) is 10.6 Å². The second-order valence-corrected chi connectivity index (χ2v) is 9.52. The number of alkyl carbamates (subject to hydrolysis) is 1. The molecule has 4 unspecified atom stereocenters. The Morgan fingerprint density at radius 2 is 1.63 bits per heavy atom. The molecule has 2 amide bonds. The Kier molecular flexibility index (Phi) is 5.94. The zero-order valence-electron chi connectivity index (χ0n) is 18.9. The van der Waals surface area contributed by atoms with Crippen molar-refractivity contribution in [3.63, 3.8) is 0 Å². The number of fused-ring (bicyclic) bond motifs is 3. The van der Waals surface area contributed by atoms with Gasteiger partial charge in [-0.05, 0) is 41.5 Å². The summed E-state index contributed by atoms with van der Waals surface area (Å²) in [5.41, 5.74) is 4.51. The molecule has 2 aromatic rings. The van der Waals surface area contributed by atoms with Gasteiger partial charge in [-0.1, -0.05) is 48.5 Å². The molecule has 0 saturated heterocycles. The highest BCUT2D eigenvalue weighted by molar-refractivity contribution is 5.81. The van der Waals surface area contributed by atoms with Crippen molar-refractivity contribution in [2.45, 2.75) is 37.1 Å². The predicted molar refractivity (Wildman–Crippen MR) is 122 cm³/mol. The molecule has 0 spiro atoms. The van der Waals surface area contributed by atoms with Crippen molar-refractivity contribution in [1.29, 1.82) is 0 Å². The molecule has 2 fully saturated rings. The molecule has 3 aliphatic rings. The third-order valence-electron chi connectivity index (χ3n) is 7.43. The maximum absolute atomic E-state index is 13.5. The number of carbonyl (C=O) groups is 3. The highest BCUT2D eigenvalue weighted by Gasteiger charge is 2.72. The lowest BCUT2D eigenvalue weighted by atomic mass is 9.98. The van der Waals surface area contributed by atoms with Crippen LogP contribution in [0.1, 0.15) is 36.3 Å². The molecule has 3 aliphatic carbocycles.